The Morgan fingerprint density at radius 1 is 1.03 bits per heavy atom. The zero-order chi connectivity index (χ0) is 27.2. The number of nitrogen functional groups attached to an aromatic ring is 1. The Bertz CT molecular complexity index is 1820. The fraction of sp³-hybridized carbons (Fsp3) is 0.115. The minimum Gasteiger partial charge on any atom is -0.497 e. The molecule has 0 spiro atoms. The van der Waals surface area contributed by atoms with Crippen molar-refractivity contribution in [3.63, 3.8) is 0 Å². The molecule has 38 heavy (non-hydrogen) atoms. The molecular weight excluding hydrogens is 519 g/mol. The van der Waals surface area contributed by atoms with Crippen LogP contribution in [0.4, 0.5) is 19.1 Å². The van der Waals surface area contributed by atoms with E-state index in [0.29, 0.717) is 22.8 Å². The van der Waals surface area contributed by atoms with Gasteiger partial charge in [-0.3, -0.25) is 4.40 Å². The van der Waals surface area contributed by atoms with Gasteiger partial charge in [0, 0.05) is 29.6 Å². The van der Waals surface area contributed by atoms with Crippen LogP contribution in [0, 0.1) is 24.4 Å². The highest BCUT2D eigenvalue weighted by Gasteiger charge is 2.28. The Labute approximate surface area is 215 Å². The van der Waals surface area contributed by atoms with Crippen LogP contribution in [-0.4, -0.2) is 34.9 Å². The van der Waals surface area contributed by atoms with Crippen LogP contribution < -0.4 is 10.5 Å². The molecule has 0 unspecified atom stereocenters. The Kier molecular flexibility index (Phi) is 6.27. The first-order valence-electron chi connectivity index (χ1n) is 11.2. The van der Waals surface area contributed by atoms with Crippen molar-refractivity contribution in [2.75, 3.05) is 12.8 Å². The molecule has 0 saturated carbocycles. The topological polar surface area (TPSA) is 112 Å². The fourth-order valence-electron chi connectivity index (χ4n) is 4.16. The Morgan fingerprint density at radius 2 is 1.82 bits per heavy atom. The first-order valence-corrected chi connectivity index (χ1v) is 12.9. The van der Waals surface area contributed by atoms with Crippen molar-refractivity contribution in [2.24, 2.45) is 0 Å². The predicted octanol–water partition coefficient (Wildman–Crippen LogP) is 4.75. The monoisotopic (exact) mass is 539 g/mol. The van der Waals surface area contributed by atoms with Crippen LogP contribution >= 0.6 is 0 Å². The second-order valence-electron chi connectivity index (χ2n) is 8.45. The van der Waals surface area contributed by atoms with Crippen LogP contribution in [-0.2, 0) is 15.6 Å². The average molecular weight is 540 g/mol. The number of fused-ring (bicyclic) bond motifs is 1. The van der Waals surface area contributed by atoms with Crippen molar-refractivity contribution in [3.8, 4) is 28.4 Å². The zero-order valence-electron chi connectivity index (χ0n) is 20.1. The summed E-state index contributed by atoms with van der Waals surface area (Å²) in [5, 5.41) is 0. The number of sulfone groups is 1. The highest BCUT2D eigenvalue weighted by atomic mass is 32.2. The van der Waals surface area contributed by atoms with Crippen LogP contribution in [0.5, 0.6) is 5.75 Å². The standard InChI is InChI=1S/C26H20F3N5O3S/c1-14-6-7-18(27)25(21(14)28)38(35,36)13-15-4-3-5-17(22(15)29)23-24(19-8-10-31-26(30)32-19)34-11-9-16(37-2)12-20(34)33-23/h3-12H,13H2,1-2H3,(H2,30,31,32). The lowest BCUT2D eigenvalue weighted by atomic mass is 10.0. The Hall–Kier alpha value is -4.45. The second kappa shape index (κ2) is 9.45. The molecule has 12 heteroatoms. The van der Waals surface area contributed by atoms with Crippen molar-refractivity contribution in [1.29, 1.82) is 0 Å². The van der Waals surface area contributed by atoms with Crippen LogP contribution in [0.2, 0.25) is 0 Å². The molecule has 8 nitrogen and oxygen atoms in total. The summed E-state index contributed by atoms with van der Waals surface area (Å²) in [5.74, 6) is -3.85. The van der Waals surface area contributed by atoms with E-state index in [1.54, 1.807) is 28.8 Å². The molecule has 0 amide bonds. The van der Waals surface area contributed by atoms with E-state index in [1.807, 2.05) is 0 Å². The van der Waals surface area contributed by atoms with Gasteiger partial charge in [0.2, 0.25) is 5.95 Å². The molecule has 0 atom stereocenters. The maximum absolute atomic E-state index is 16.0. The van der Waals surface area contributed by atoms with Gasteiger partial charge in [-0.15, -0.1) is 0 Å². The number of nitrogens with two attached hydrogens (primary N) is 1. The van der Waals surface area contributed by atoms with E-state index >= 15 is 4.39 Å². The summed E-state index contributed by atoms with van der Waals surface area (Å²) >= 11 is 0. The first kappa shape index (κ1) is 25.2. The number of hydrogen-bond acceptors (Lipinski definition) is 7. The summed E-state index contributed by atoms with van der Waals surface area (Å²) < 4.78 is 77.9. The van der Waals surface area contributed by atoms with Gasteiger partial charge < -0.3 is 10.5 Å². The molecule has 0 fully saturated rings. The van der Waals surface area contributed by atoms with Gasteiger partial charge in [0.1, 0.15) is 39.4 Å². The van der Waals surface area contributed by atoms with Gasteiger partial charge in [-0.05, 0) is 36.8 Å². The lowest BCUT2D eigenvalue weighted by molar-refractivity contribution is 0.414. The number of methoxy groups -OCH3 is 1. The van der Waals surface area contributed by atoms with Gasteiger partial charge in [-0.25, -0.2) is 36.5 Å². The summed E-state index contributed by atoms with van der Waals surface area (Å²) in [7, 11) is -3.10. The number of aromatic nitrogens is 4. The fourth-order valence-corrected chi connectivity index (χ4v) is 5.73. The van der Waals surface area contributed by atoms with E-state index in [4.69, 9.17) is 10.5 Å². The third-order valence-corrected chi connectivity index (χ3v) is 7.67. The van der Waals surface area contributed by atoms with Crippen molar-refractivity contribution >= 4 is 21.4 Å². The largest absolute Gasteiger partial charge is 0.497 e. The SMILES string of the molecule is COc1ccn2c(-c3ccnc(N)n3)c(-c3cccc(CS(=O)(=O)c4c(F)ccc(C)c4F)c3F)nc2c1. The van der Waals surface area contributed by atoms with Crippen molar-refractivity contribution in [3.05, 3.63) is 89.5 Å². The molecule has 3 aromatic heterocycles. The minimum atomic E-state index is -4.59. The number of halogens is 3. The van der Waals surface area contributed by atoms with Crippen LogP contribution in [0.3, 0.4) is 0 Å². The van der Waals surface area contributed by atoms with Gasteiger partial charge in [-0.2, -0.15) is 0 Å². The highest BCUT2D eigenvalue weighted by Crippen LogP contribution is 2.36. The van der Waals surface area contributed by atoms with Gasteiger partial charge in [0.05, 0.1) is 24.3 Å². The Morgan fingerprint density at radius 3 is 2.55 bits per heavy atom. The van der Waals surface area contributed by atoms with Crippen LogP contribution in [0.1, 0.15) is 11.1 Å². The summed E-state index contributed by atoms with van der Waals surface area (Å²) in [6.07, 6.45) is 3.10. The summed E-state index contributed by atoms with van der Waals surface area (Å²) in [4.78, 5) is 11.6. The van der Waals surface area contributed by atoms with Crippen molar-refractivity contribution in [2.45, 2.75) is 17.6 Å². The normalized spacial score (nSPS) is 11.7. The lowest BCUT2D eigenvalue weighted by Gasteiger charge is -2.12. The first-order chi connectivity index (χ1) is 18.1. The highest BCUT2D eigenvalue weighted by molar-refractivity contribution is 7.90. The van der Waals surface area contributed by atoms with Crippen molar-refractivity contribution in [1.82, 2.24) is 19.4 Å². The van der Waals surface area contributed by atoms with Crippen molar-refractivity contribution < 1.29 is 26.3 Å². The number of imidazole rings is 1. The smallest absolute Gasteiger partial charge is 0.220 e. The molecule has 194 valence electrons. The van der Waals surface area contributed by atoms with E-state index in [-0.39, 0.29) is 28.3 Å². The van der Waals surface area contributed by atoms with E-state index in [2.05, 4.69) is 15.0 Å². The molecule has 0 aliphatic rings. The predicted molar refractivity (Wildman–Crippen MR) is 135 cm³/mol. The molecule has 3 heterocycles. The third kappa shape index (κ3) is 4.32. The van der Waals surface area contributed by atoms with E-state index < -0.39 is 37.9 Å². The number of pyridine rings is 1. The summed E-state index contributed by atoms with van der Waals surface area (Å²) in [6.45, 7) is 1.31. The maximum Gasteiger partial charge on any atom is 0.220 e. The van der Waals surface area contributed by atoms with Gasteiger partial charge >= 0.3 is 0 Å². The molecule has 5 rings (SSSR count). The molecule has 0 aliphatic carbocycles. The molecule has 2 N–H and O–H groups in total. The molecule has 5 aromatic rings. The number of benzene rings is 2. The number of nitrogens with zero attached hydrogens (tertiary/aromatic N) is 4. The van der Waals surface area contributed by atoms with E-state index in [1.165, 1.54) is 38.4 Å². The number of anilines is 1. The number of hydrogen-bond donors (Lipinski definition) is 1. The number of ether oxygens (including phenoxy) is 1. The lowest BCUT2D eigenvalue weighted by Crippen LogP contribution is -2.12. The van der Waals surface area contributed by atoms with Crippen LogP contribution in [0.25, 0.3) is 28.3 Å². The number of rotatable bonds is 6. The van der Waals surface area contributed by atoms with Gasteiger partial charge in [0.25, 0.3) is 0 Å². The summed E-state index contributed by atoms with van der Waals surface area (Å²) in [6, 6.07) is 11.0. The average Bonchev–Trinajstić information content (AvgIpc) is 3.26. The van der Waals surface area contributed by atoms with Gasteiger partial charge in [-0.1, -0.05) is 18.2 Å². The third-order valence-electron chi connectivity index (χ3n) is 5.98. The summed E-state index contributed by atoms with van der Waals surface area (Å²) in [5.41, 5.74) is 6.65. The molecular formula is C26H20F3N5O3S. The maximum atomic E-state index is 16.0. The quantitative estimate of drug-likeness (QED) is 0.331. The molecule has 2 aromatic carbocycles. The molecule has 0 bridgehead atoms. The molecule has 0 saturated heterocycles. The zero-order valence-corrected chi connectivity index (χ0v) is 20.9. The second-order valence-corrected chi connectivity index (χ2v) is 10.4. The Balaban J connectivity index is 1.69. The van der Waals surface area contributed by atoms with E-state index in [0.717, 1.165) is 12.1 Å². The van der Waals surface area contributed by atoms with Gasteiger partial charge in [0.15, 0.2) is 9.84 Å². The van der Waals surface area contributed by atoms with Crippen LogP contribution in [0.15, 0.2) is 65.8 Å². The molecule has 0 radical (unpaired) electrons. The number of aryl methyl sites for hydroxylation is 1. The minimum absolute atomic E-state index is 0.0144. The van der Waals surface area contributed by atoms with E-state index in [9.17, 15) is 17.2 Å². The molecule has 0 aliphatic heterocycles.